The number of hydrogen-bond acceptors (Lipinski definition) is 1. The van der Waals surface area contributed by atoms with Crippen molar-refractivity contribution in [2.45, 2.75) is 0 Å². The van der Waals surface area contributed by atoms with Gasteiger partial charge in [0.1, 0.15) is 0 Å². The molecule has 0 amide bonds. The topological polar surface area (TPSA) is 44.1 Å². The maximum atomic E-state index is 8.30. The van der Waals surface area contributed by atoms with Gasteiger partial charge in [0.05, 0.1) is 7.28 Å². The van der Waals surface area contributed by atoms with Crippen LogP contribution in [0.5, 0.6) is 0 Å². The molecule has 32 valence electrons. The van der Waals surface area contributed by atoms with E-state index in [-0.39, 0.29) is 0 Å². The van der Waals surface area contributed by atoms with Crippen LogP contribution in [0.2, 0.25) is 0 Å². The lowest BCUT2D eigenvalue weighted by Crippen LogP contribution is -1.61. The standard InChI is InChI=1S/C2H8NOP/c1-5(2,3)4/h1-2H3,(H2,3,4). The maximum Gasteiger partial charge on any atom is 0.0726 e. The summed E-state index contributed by atoms with van der Waals surface area (Å²) in [5.41, 5.74) is 0. The summed E-state index contributed by atoms with van der Waals surface area (Å²) in [7, 11) is -2.14. The van der Waals surface area contributed by atoms with Crippen molar-refractivity contribution in [1.82, 2.24) is 0 Å². The molecule has 3 heteroatoms. The van der Waals surface area contributed by atoms with Crippen molar-refractivity contribution in [2.75, 3.05) is 13.3 Å². The highest BCUT2D eigenvalue weighted by Crippen LogP contribution is 2.28. The Morgan fingerprint density at radius 2 is 1.60 bits per heavy atom. The Bertz CT molecular complexity index is 55.8. The smallest absolute Gasteiger partial charge is 0.0726 e. The molecule has 0 saturated heterocycles. The fourth-order valence-electron chi connectivity index (χ4n) is 0. The molecule has 0 unspecified atom stereocenters. The molecule has 2 N–H and O–H groups in total. The van der Waals surface area contributed by atoms with Crippen LogP contribution in [0.1, 0.15) is 0 Å². The van der Waals surface area contributed by atoms with E-state index in [1.54, 1.807) is 0 Å². The molecule has 0 aromatic carbocycles. The fourth-order valence-corrected chi connectivity index (χ4v) is 0. The van der Waals surface area contributed by atoms with E-state index in [0.717, 1.165) is 0 Å². The molecule has 0 saturated carbocycles. The summed E-state index contributed by atoms with van der Waals surface area (Å²) in [4.78, 5) is 8.30. The van der Waals surface area contributed by atoms with Gasteiger partial charge in [0.25, 0.3) is 0 Å². The van der Waals surface area contributed by atoms with Gasteiger partial charge in [0.15, 0.2) is 0 Å². The summed E-state index contributed by atoms with van der Waals surface area (Å²) in [6, 6.07) is 0. The second-order valence-electron chi connectivity index (χ2n) is 1.39. The van der Waals surface area contributed by atoms with E-state index in [1.807, 2.05) is 0 Å². The minimum absolute atomic E-state index is 1.52. The van der Waals surface area contributed by atoms with Crippen LogP contribution >= 0.6 is 7.28 Å². The molecule has 0 atom stereocenters. The molecule has 0 spiro atoms. The molecule has 0 aliphatic carbocycles. The second-order valence-corrected chi connectivity index (χ2v) is 4.18. The van der Waals surface area contributed by atoms with Gasteiger partial charge in [-0.2, -0.15) is 0 Å². The highest BCUT2D eigenvalue weighted by Gasteiger charge is 1.84. The molecule has 0 aliphatic rings. The van der Waals surface area contributed by atoms with Crippen molar-refractivity contribution in [2.24, 2.45) is 0 Å². The Balaban J connectivity index is 3.47. The second kappa shape index (κ2) is 1.11. The molecular weight excluding hydrogens is 85.0 g/mol. The van der Waals surface area contributed by atoms with Crippen LogP contribution in [0.3, 0.4) is 0 Å². The third-order valence-corrected chi connectivity index (χ3v) is 0. The van der Waals surface area contributed by atoms with E-state index < -0.39 is 7.28 Å². The van der Waals surface area contributed by atoms with Crippen molar-refractivity contribution in [3.05, 3.63) is 0 Å². The third-order valence-electron chi connectivity index (χ3n) is 0. The highest BCUT2D eigenvalue weighted by molar-refractivity contribution is 7.57. The Kier molecular flexibility index (Phi) is 1.16. The van der Waals surface area contributed by atoms with E-state index in [9.17, 15) is 0 Å². The average Bonchev–Trinajstić information content (AvgIpc) is 0.722. The zero-order chi connectivity index (χ0) is 4.50. The van der Waals surface area contributed by atoms with Crippen LogP contribution in [0, 0.1) is 5.16 Å². The van der Waals surface area contributed by atoms with Gasteiger partial charge < -0.3 is 4.89 Å². The summed E-state index contributed by atoms with van der Waals surface area (Å²) in [6.07, 6.45) is 0. The van der Waals surface area contributed by atoms with Crippen molar-refractivity contribution >= 4 is 7.28 Å². The summed E-state index contributed by atoms with van der Waals surface area (Å²) in [5, 5.41) is 6.60. The lowest BCUT2D eigenvalue weighted by molar-refractivity contribution is 0.621. The van der Waals surface area contributed by atoms with Crippen LogP contribution in [0.4, 0.5) is 0 Å². The van der Waals surface area contributed by atoms with Gasteiger partial charge in [-0.25, -0.2) is 0 Å². The van der Waals surface area contributed by atoms with Crippen LogP contribution in [-0.2, 0) is 0 Å². The zero-order valence-electron chi connectivity index (χ0n) is 3.39. The van der Waals surface area contributed by atoms with Crippen LogP contribution in [0.25, 0.3) is 0 Å². The summed E-state index contributed by atoms with van der Waals surface area (Å²) in [6.45, 7) is 3.04. The summed E-state index contributed by atoms with van der Waals surface area (Å²) >= 11 is 0. The molecule has 0 bridgehead atoms. The predicted molar refractivity (Wildman–Crippen MR) is 23.7 cm³/mol. The third kappa shape index (κ3) is 557. The van der Waals surface area contributed by atoms with Crippen LogP contribution < -0.4 is 0 Å². The van der Waals surface area contributed by atoms with Gasteiger partial charge >= 0.3 is 0 Å². The summed E-state index contributed by atoms with van der Waals surface area (Å²) < 4.78 is 0. The van der Waals surface area contributed by atoms with Gasteiger partial charge in [-0.1, -0.05) is 0 Å². The molecule has 0 aliphatic heterocycles. The number of hydrogen-bond donors (Lipinski definition) is 2. The molecule has 2 nitrogen and oxygen atoms in total. The minimum atomic E-state index is -2.14. The normalized spacial score (nSPS) is 11.8. The highest BCUT2D eigenvalue weighted by atomic mass is 31.2. The zero-order valence-corrected chi connectivity index (χ0v) is 4.29. The van der Waals surface area contributed by atoms with E-state index in [1.165, 1.54) is 13.3 Å². The quantitative estimate of drug-likeness (QED) is 0.430. The Labute approximate surface area is 31.8 Å². The van der Waals surface area contributed by atoms with Crippen LogP contribution in [-0.4, -0.2) is 18.2 Å². The predicted octanol–water partition coefficient (Wildman–Crippen LogP) is 0.933. The maximum absolute atomic E-state index is 8.30. The Morgan fingerprint density at radius 1 is 1.60 bits per heavy atom. The van der Waals surface area contributed by atoms with Gasteiger partial charge in [0.2, 0.25) is 0 Å². The average molecular weight is 93.1 g/mol. The van der Waals surface area contributed by atoms with E-state index >= 15 is 0 Å². The first-order valence-corrected chi connectivity index (χ1v) is 3.95. The van der Waals surface area contributed by atoms with E-state index in [2.05, 4.69) is 0 Å². The molecule has 0 heterocycles. The molecule has 5 heavy (non-hydrogen) atoms. The van der Waals surface area contributed by atoms with Gasteiger partial charge in [0, 0.05) is 0 Å². The molecule has 0 aromatic heterocycles. The molecule has 0 fully saturated rings. The Hall–Kier alpha value is 0.190. The SMILES string of the molecule is CP(C)(=N)O. The first kappa shape index (κ1) is 5.19. The van der Waals surface area contributed by atoms with Gasteiger partial charge in [-0.05, 0) is 13.3 Å². The largest absolute Gasteiger partial charge is 0.360 e. The lowest BCUT2D eigenvalue weighted by Gasteiger charge is -1.92. The van der Waals surface area contributed by atoms with Crippen LogP contribution in [0.15, 0.2) is 0 Å². The molecule has 0 rings (SSSR count). The molecule has 0 aromatic rings. The number of rotatable bonds is 0. The van der Waals surface area contributed by atoms with E-state index in [4.69, 9.17) is 10.1 Å². The van der Waals surface area contributed by atoms with Gasteiger partial charge in [-0.15, -0.1) is 0 Å². The molecule has 0 radical (unpaired) electrons. The minimum Gasteiger partial charge on any atom is -0.360 e. The lowest BCUT2D eigenvalue weighted by atomic mass is 11.9. The van der Waals surface area contributed by atoms with Gasteiger partial charge in [-0.3, -0.25) is 5.16 Å². The summed E-state index contributed by atoms with van der Waals surface area (Å²) in [5.74, 6) is 0. The fraction of sp³-hybridized carbons (Fsp3) is 1.00. The van der Waals surface area contributed by atoms with Crippen molar-refractivity contribution in [3.8, 4) is 0 Å². The van der Waals surface area contributed by atoms with Crippen molar-refractivity contribution < 1.29 is 4.89 Å². The van der Waals surface area contributed by atoms with E-state index in [0.29, 0.717) is 0 Å². The van der Waals surface area contributed by atoms with Crippen molar-refractivity contribution in [1.29, 1.82) is 5.16 Å². The Morgan fingerprint density at radius 3 is 1.60 bits per heavy atom. The van der Waals surface area contributed by atoms with Crippen molar-refractivity contribution in [3.63, 3.8) is 0 Å². The number of nitrogens with one attached hydrogen (secondary N) is 1. The molecular formula is C2H8NOP. The first-order valence-electron chi connectivity index (χ1n) is 1.32. The first-order chi connectivity index (χ1) is 2.00. The monoisotopic (exact) mass is 93.0 g/mol.